The molecule has 21 heavy (non-hydrogen) atoms. The third-order valence-electron chi connectivity index (χ3n) is 3.34. The lowest BCUT2D eigenvalue weighted by Gasteiger charge is -2.08. The van der Waals surface area contributed by atoms with Gasteiger partial charge in [-0.3, -0.25) is 14.9 Å². The Morgan fingerprint density at radius 3 is 2.57 bits per heavy atom. The zero-order chi connectivity index (χ0) is 15.0. The summed E-state index contributed by atoms with van der Waals surface area (Å²) in [5, 5.41) is 22.7. The lowest BCUT2D eigenvalue weighted by Crippen LogP contribution is -2.16. The van der Waals surface area contributed by atoms with Crippen LogP contribution in [0.3, 0.4) is 0 Å². The molecule has 3 rings (SSSR count). The third-order valence-corrected chi connectivity index (χ3v) is 3.34. The van der Waals surface area contributed by atoms with Gasteiger partial charge in [0, 0.05) is 17.8 Å². The highest BCUT2D eigenvalue weighted by Crippen LogP contribution is 2.38. The number of carbonyl (C=O) groups excluding carboxylic acids is 1. The number of rotatable bonds is 4. The highest BCUT2D eigenvalue weighted by Gasteiger charge is 2.30. The number of aromatic nitrogens is 1. The Hall–Kier alpha value is -2.83. The van der Waals surface area contributed by atoms with Crippen LogP contribution in [0.2, 0.25) is 0 Å². The Kier molecular flexibility index (Phi) is 3.09. The summed E-state index contributed by atoms with van der Waals surface area (Å²) in [6, 6.07) is 7.49. The molecule has 7 heteroatoms. The summed E-state index contributed by atoms with van der Waals surface area (Å²) in [6.45, 7) is 0. The normalized spacial score (nSPS) is 13.9. The Labute approximate surface area is 120 Å². The molecular formula is C14H13N3O4. The quantitative estimate of drug-likeness (QED) is 0.513. The molecule has 1 saturated carbocycles. The van der Waals surface area contributed by atoms with Gasteiger partial charge in [-0.15, -0.1) is 0 Å². The molecule has 0 unspecified atom stereocenters. The van der Waals surface area contributed by atoms with Crippen LogP contribution in [-0.2, 0) is 0 Å². The molecule has 0 atom stereocenters. The van der Waals surface area contributed by atoms with Gasteiger partial charge in [-0.05, 0) is 37.1 Å². The fourth-order valence-corrected chi connectivity index (χ4v) is 2.14. The SMILES string of the molecule is O=C(Nc1ccc(O)cc1)c1cc([N+](=O)[O-])cn1C1CC1. The molecule has 1 heterocycles. The lowest BCUT2D eigenvalue weighted by atomic mass is 10.3. The first-order valence-corrected chi connectivity index (χ1v) is 6.51. The first kappa shape index (κ1) is 13.2. The second kappa shape index (κ2) is 4.93. The van der Waals surface area contributed by atoms with Crippen molar-refractivity contribution >= 4 is 17.3 Å². The zero-order valence-corrected chi connectivity index (χ0v) is 11.0. The summed E-state index contributed by atoms with van der Waals surface area (Å²) in [6.07, 6.45) is 3.25. The molecule has 0 saturated heterocycles. The van der Waals surface area contributed by atoms with Gasteiger partial charge in [-0.2, -0.15) is 0 Å². The van der Waals surface area contributed by atoms with E-state index in [1.165, 1.54) is 24.4 Å². The van der Waals surface area contributed by atoms with Gasteiger partial charge in [0.2, 0.25) is 0 Å². The van der Waals surface area contributed by atoms with Gasteiger partial charge < -0.3 is 15.0 Å². The monoisotopic (exact) mass is 287 g/mol. The van der Waals surface area contributed by atoms with Crippen molar-refractivity contribution in [2.24, 2.45) is 0 Å². The number of nitro groups is 1. The lowest BCUT2D eigenvalue weighted by molar-refractivity contribution is -0.384. The van der Waals surface area contributed by atoms with Gasteiger partial charge in [-0.25, -0.2) is 0 Å². The van der Waals surface area contributed by atoms with Crippen LogP contribution in [-0.4, -0.2) is 20.5 Å². The van der Waals surface area contributed by atoms with E-state index in [1.54, 1.807) is 16.7 Å². The summed E-state index contributed by atoms with van der Waals surface area (Å²) in [4.78, 5) is 22.6. The maximum absolute atomic E-state index is 12.3. The van der Waals surface area contributed by atoms with Crippen LogP contribution in [0.4, 0.5) is 11.4 Å². The van der Waals surface area contributed by atoms with Crippen LogP contribution >= 0.6 is 0 Å². The average Bonchev–Trinajstić information content (AvgIpc) is 3.19. The molecule has 1 aromatic heterocycles. The minimum Gasteiger partial charge on any atom is -0.508 e. The Morgan fingerprint density at radius 2 is 2.00 bits per heavy atom. The van der Waals surface area contributed by atoms with Crippen molar-refractivity contribution in [3.63, 3.8) is 0 Å². The number of anilines is 1. The van der Waals surface area contributed by atoms with E-state index in [4.69, 9.17) is 0 Å². The number of nitrogens with zero attached hydrogens (tertiary/aromatic N) is 2. The summed E-state index contributed by atoms with van der Waals surface area (Å²) in [7, 11) is 0. The summed E-state index contributed by atoms with van der Waals surface area (Å²) in [5.41, 5.74) is 0.707. The van der Waals surface area contributed by atoms with Crippen molar-refractivity contribution in [3.8, 4) is 5.75 Å². The van der Waals surface area contributed by atoms with E-state index in [0.717, 1.165) is 12.8 Å². The number of hydrogen-bond acceptors (Lipinski definition) is 4. The van der Waals surface area contributed by atoms with E-state index in [1.807, 2.05) is 0 Å². The molecule has 0 aliphatic heterocycles. The fourth-order valence-electron chi connectivity index (χ4n) is 2.14. The Balaban J connectivity index is 1.86. The largest absolute Gasteiger partial charge is 0.508 e. The Morgan fingerprint density at radius 1 is 1.33 bits per heavy atom. The minimum atomic E-state index is -0.504. The number of phenolic OH excluding ortho intramolecular Hbond substituents is 1. The smallest absolute Gasteiger partial charge is 0.287 e. The second-order valence-corrected chi connectivity index (χ2v) is 4.98. The van der Waals surface area contributed by atoms with Crippen molar-refractivity contribution in [2.45, 2.75) is 18.9 Å². The molecule has 0 bridgehead atoms. The summed E-state index contributed by atoms with van der Waals surface area (Å²) in [5.74, 6) is -0.300. The third kappa shape index (κ3) is 2.71. The van der Waals surface area contributed by atoms with Crippen molar-refractivity contribution < 1.29 is 14.8 Å². The number of phenols is 1. The van der Waals surface area contributed by atoms with Gasteiger partial charge in [0.25, 0.3) is 11.6 Å². The molecular weight excluding hydrogens is 274 g/mol. The maximum atomic E-state index is 12.3. The zero-order valence-electron chi connectivity index (χ0n) is 11.0. The van der Waals surface area contributed by atoms with E-state index in [-0.39, 0.29) is 23.2 Å². The predicted molar refractivity (Wildman–Crippen MR) is 75.4 cm³/mol. The van der Waals surface area contributed by atoms with E-state index >= 15 is 0 Å². The van der Waals surface area contributed by atoms with Crippen LogP contribution < -0.4 is 5.32 Å². The number of amides is 1. The standard InChI is InChI=1S/C14H13N3O4/c18-12-5-1-9(2-6-12)15-14(19)13-7-11(17(20)21)8-16(13)10-3-4-10/h1-2,5-8,10,18H,3-4H2,(H,15,19). The topological polar surface area (TPSA) is 97.4 Å². The first-order valence-electron chi connectivity index (χ1n) is 6.51. The molecule has 2 N–H and O–H groups in total. The molecule has 0 spiro atoms. The predicted octanol–water partition coefficient (Wildman–Crippen LogP) is 2.69. The van der Waals surface area contributed by atoms with Crippen LogP contribution in [0.25, 0.3) is 0 Å². The van der Waals surface area contributed by atoms with Gasteiger partial charge >= 0.3 is 0 Å². The van der Waals surface area contributed by atoms with Crippen LogP contribution in [0.15, 0.2) is 36.5 Å². The maximum Gasteiger partial charge on any atom is 0.287 e. The van der Waals surface area contributed by atoms with Crippen LogP contribution in [0.5, 0.6) is 5.75 Å². The second-order valence-electron chi connectivity index (χ2n) is 4.98. The van der Waals surface area contributed by atoms with Crippen LogP contribution in [0.1, 0.15) is 29.4 Å². The molecule has 1 aliphatic rings. The molecule has 2 aromatic rings. The molecule has 1 amide bonds. The average molecular weight is 287 g/mol. The molecule has 108 valence electrons. The van der Waals surface area contributed by atoms with Crippen molar-refractivity contribution in [3.05, 3.63) is 52.3 Å². The van der Waals surface area contributed by atoms with E-state index in [9.17, 15) is 20.0 Å². The molecule has 0 radical (unpaired) electrons. The highest BCUT2D eigenvalue weighted by molar-refractivity contribution is 6.03. The fraction of sp³-hybridized carbons (Fsp3) is 0.214. The minimum absolute atomic E-state index is 0.0854. The van der Waals surface area contributed by atoms with Crippen molar-refractivity contribution in [1.29, 1.82) is 0 Å². The van der Waals surface area contributed by atoms with Crippen LogP contribution in [0, 0.1) is 10.1 Å². The van der Waals surface area contributed by atoms with E-state index in [0.29, 0.717) is 5.69 Å². The number of benzene rings is 1. The van der Waals surface area contributed by atoms with E-state index < -0.39 is 10.8 Å². The molecule has 7 nitrogen and oxygen atoms in total. The Bertz CT molecular complexity index is 702. The van der Waals surface area contributed by atoms with Crippen molar-refractivity contribution in [1.82, 2.24) is 4.57 Å². The first-order chi connectivity index (χ1) is 10.0. The van der Waals surface area contributed by atoms with Gasteiger partial charge in [0.1, 0.15) is 11.4 Å². The summed E-state index contributed by atoms with van der Waals surface area (Å²) >= 11 is 0. The number of carbonyl (C=O) groups is 1. The number of aromatic hydroxyl groups is 1. The molecule has 1 fully saturated rings. The number of hydrogen-bond donors (Lipinski definition) is 2. The molecule has 1 aromatic carbocycles. The van der Waals surface area contributed by atoms with Gasteiger partial charge in [0.15, 0.2) is 0 Å². The number of nitrogens with one attached hydrogen (secondary N) is 1. The van der Waals surface area contributed by atoms with Gasteiger partial charge in [0.05, 0.1) is 11.1 Å². The van der Waals surface area contributed by atoms with Crippen molar-refractivity contribution in [2.75, 3.05) is 5.32 Å². The van der Waals surface area contributed by atoms with E-state index in [2.05, 4.69) is 5.32 Å². The van der Waals surface area contributed by atoms with Gasteiger partial charge in [-0.1, -0.05) is 0 Å². The summed E-state index contributed by atoms with van der Waals surface area (Å²) < 4.78 is 1.66. The highest BCUT2D eigenvalue weighted by atomic mass is 16.6. The molecule has 1 aliphatic carbocycles.